The van der Waals surface area contributed by atoms with Gasteiger partial charge in [0.25, 0.3) is 10.2 Å². The molecule has 2 aromatic rings. The predicted octanol–water partition coefficient (Wildman–Crippen LogP) is 4.71. The van der Waals surface area contributed by atoms with Crippen LogP contribution >= 0.6 is 23.2 Å². The molecule has 8 nitrogen and oxygen atoms in total. The van der Waals surface area contributed by atoms with Crippen molar-refractivity contribution in [2.75, 3.05) is 20.6 Å². The lowest BCUT2D eigenvalue weighted by atomic mass is 9.67. The molecule has 1 saturated heterocycles. The molecule has 0 radical (unpaired) electrons. The number of likely N-dealkylation sites (tertiary alicyclic amines) is 1. The Balaban J connectivity index is 1.88. The summed E-state index contributed by atoms with van der Waals surface area (Å²) in [4.78, 5) is 28.0. The number of carboxylic acids is 1. The Morgan fingerprint density at radius 3 is 2.34 bits per heavy atom. The molecule has 4 atom stereocenters. The molecule has 2 aliphatic rings. The number of amides is 1. The minimum absolute atomic E-state index is 0.0203. The van der Waals surface area contributed by atoms with Crippen LogP contribution in [0.5, 0.6) is 0 Å². The van der Waals surface area contributed by atoms with Crippen LogP contribution in [0.25, 0.3) is 0 Å². The number of piperidine rings is 1. The third-order valence-electron chi connectivity index (χ3n) is 7.61. The average Bonchev–Trinajstić information content (AvgIpc) is 3.67. The molecule has 4 rings (SSSR count). The van der Waals surface area contributed by atoms with Crippen molar-refractivity contribution in [2.24, 2.45) is 11.3 Å². The Morgan fingerprint density at radius 2 is 1.79 bits per heavy atom. The zero-order valence-corrected chi connectivity index (χ0v) is 23.9. The molecule has 1 aliphatic carbocycles. The van der Waals surface area contributed by atoms with E-state index >= 15 is 0 Å². The summed E-state index contributed by atoms with van der Waals surface area (Å²) < 4.78 is 29.0. The van der Waals surface area contributed by atoms with E-state index in [1.54, 1.807) is 30.0 Å². The Hall–Kier alpha value is -2.17. The Kier molecular flexibility index (Phi) is 8.45. The van der Waals surface area contributed by atoms with Gasteiger partial charge in [0.2, 0.25) is 5.91 Å². The van der Waals surface area contributed by atoms with E-state index in [0.717, 1.165) is 28.3 Å². The first kappa shape index (κ1) is 28.8. The van der Waals surface area contributed by atoms with Gasteiger partial charge in [-0.25, -0.2) is 4.72 Å². The summed E-state index contributed by atoms with van der Waals surface area (Å²) in [5.74, 6) is -1.56. The Bertz CT molecular complexity index is 1300. The number of rotatable bonds is 10. The molecular weight excluding hydrogens is 549 g/mol. The summed E-state index contributed by atoms with van der Waals surface area (Å²) in [6.07, 6.45) is 1.66. The van der Waals surface area contributed by atoms with Crippen molar-refractivity contribution in [2.45, 2.75) is 50.6 Å². The number of nitrogens with zero attached hydrogens (tertiary/aromatic N) is 2. The maximum absolute atomic E-state index is 14.3. The highest BCUT2D eigenvalue weighted by molar-refractivity contribution is 7.87. The summed E-state index contributed by atoms with van der Waals surface area (Å²) in [5, 5.41) is 10.9. The number of nitrogens with one attached hydrogen (secondary N) is 1. The second-order valence-electron chi connectivity index (χ2n) is 10.7. The third kappa shape index (κ3) is 6.18. The summed E-state index contributed by atoms with van der Waals surface area (Å²) in [5.41, 5.74) is 0.524. The van der Waals surface area contributed by atoms with Crippen molar-refractivity contribution < 1.29 is 23.1 Å². The molecule has 206 valence electrons. The van der Waals surface area contributed by atoms with E-state index in [4.69, 9.17) is 23.2 Å². The maximum atomic E-state index is 14.3. The summed E-state index contributed by atoms with van der Waals surface area (Å²) >= 11 is 12.6. The van der Waals surface area contributed by atoms with Gasteiger partial charge in [0.1, 0.15) is 0 Å². The van der Waals surface area contributed by atoms with E-state index in [0.29, 0.717) is 16.5 Å². The lowest BCUT2D eigenvalue weighted by Crippen LogP contribution is -2.59. The van der Waals surface area contributed by atoms with E-state index in [-0.39, 0.29) is 30.7 Å². The molecular formula is C27H33Cl2N3O5S. The topological polar surface area (TPSA) is 107 Å². The van der Waals surface area contributed by atoms with Crippen LogP contribution in [0.15, 0.2) is 48.5 Å². The fourth-order valence-corrected chi connectivity index (χ4v) is 6.50. The quantitative estimate of drug-likeness (QED) is 0.422. The smallest absolute Gasteiger partial charge is 0.304 e. The third-order valence-corrected chi connectivity index (χ3v) is 9.59. The van der Waals surface area contributed by atoms with Crippen LogP contribution in [0.1, 0.15) is 55.7 Å². The second-order valence-corrected chi connectivity index (χ2v) is 13.6. The van der Waals surface area contributed by atoms with Crippen LogP contribution in [0.2, 0.25) is 10.0 Å². The highest BCUT2D eigenvalue weighted by Gasteiger charge is 2.54. The van der Waals surface area contributed by atoms with Gasteiger partial charge in [0.15, 0.2) is 0 Å². The number of aliphatic carboxylic acids is 1. The first-order valence-electron chi connectivity index (χ1n) is 12.5. The van der Waals surface area contributed by atoms with E-state index in [1.807, 2.05) is 30.3 Å². The van der Waals surface area contributed by atoms with Crippen LogP contribution in [-0.4, -0.2) is 61.3 Å². The minimum Gasteiger partial charge on any atom is -0.481 e. The maximum Gasteiger partial charge on any atom is 0.304 e. The van der Waals surface area contributed by atoms with Crippen LogP contribution < -0.4 is 4.72 Å². The Labute approximate surface area is 234 Å². The molecule has 0 aromatic heterocycles. The number of carboxylic acid groups (broad SMARTS) is 1. The molecule has 1 heterocycles. The molecule has 1 saturated carbocycles. The van der Waals surface area contributed by atoms with Crippen molar-refractivity contribution in [3.8, 4) is 0 Å². The molecule has 0 unspecified atom stereocenters. The van der Waals surface area contributed by atoms with Crippen LogP contribution in [0, 0.1) is 11.3 Å². The average molecular weight is 583 g/mol. The number of carbonyl (C=O) groups is 2. The van der Waals surface area contributed by atoms with E-state index in [1.165, 1.54) is 14.1 Å². The number of carbonyl (C=O) groups excluding carboxylic acids is 1. The van der Waals surface area contributed by atoms with Crippen LogP contribution in [0.4, 0.5) is 0 Å². The number of hydrogen-bond donors (Lipinski definition) is 2. The van der Waals surface area contributed by atoms with E-state index in [2.05, 4.69) is 4.72 Å². The van der Waals surface area contributed by atoms with Gasteiger partial charge in [-0.1, -0.05) is 54.4 Å². The van der Waals surface area contributed by atoms with Crippen LogP contribution in [0.3, 0.4) is 0 Å². The van der Waals surface area contributed by atoms with Crippen molar-refractivity contribution in [3.63, 3.8) is 0 Å². The summed E-state index contributed by atoms with van der Waals surface area (Å²) in [6.45, 7) is 1.71. The van der Waals surface area contributed by atoms with Crippen LogP contribution in [-0.2, 0) is 19.8 Å². The van der Waals surface area contributed by atoms with Gasteiger partial charge in [-0.15, -0.1) is 0 Å². The Morgan fingerprint density at radius 1 is 1.13 bits per heavy atom. The lowest BCUT2D eigenvalue weighted by molar-refractivity contribution is -0.161. The predicted molar refractivity (Wildman–Crippen MR) is 147 cm³/mol. The van der Waals surface area contributed by atoms with Gasteiger partial charge < -0.3 is 10.0 Å². The van der Waals surface area contributed by atoms with Gasteiger partial charge >= 0.3 is 5.97 Å². The van der Waals surface area contributed by atoms with Crippen molar-refractivity contribution in [1.82, 2.24) is 13.9 Å². The molecule has 1 amide bonds. The molecule has 11 heteroatoms. The molecule has 2 N–H and O–H groups in total. The zero-order valence-electron chi connectivity index (χ0n) is 21.6. The van der Waals surface area contributed by atoms with Gasteiger partial charge in [0.05, 0.1) is 17.9 Å². The first-order chi connectivity index (χ1) is 17.8. The molecule has 0 bridgehead atoms. The van der Waals surface area contributed by atoms with E-state index < -0.39 is 33.7 Å². The lowest BCUT2D eigenvalue weighted by Gasteiger charge is -2.52. The summed E-state index contributed by atoms with van der Waals surface area (Å²) in [6, 6.07) is 13.7. The molecule has 2 aromatic carbocycles. The SMILES string of the molecule is CN(C)S(=O)(=O)NC[C@H](C1CC1)N1C(=O)[C@@](C)(CC(=O)O)C[C@H](c2cccc(Cl)c2)[C@H]1c1ccc(Cl)cc1. The van der Waals surface area contributed by atoms with Gasteiger partial charge in [-0.2, -0.15) is 12.7 Å². The standard InChI is InChI=1S/C27H33Cl2N3O5S/c1-27(15-24(33)34)14-22(19-5-4-6-21(29)13-19)25(18-9-11-20(28)12-10-18)32(26(27)35)23(17-7-8-17)16-30-38(36,37)31(2)3/h4-6,9-13,17,22-23,25,30H,7-8,14-16H2,1-3H3,(H,33,34)/t22-,23-,25-,27-/m1/s1. The molecule has 0 spiro atoms. The normalized spacial score (nSPS) is 25.0. The zero-order chi connectivity index (χ0) is 27.8. The fraction of sp³-hybridized carbons (Fsp3) is 0.481. The fourth-order valence-electron chi connectivity index (χ4n) is 5.54. The van der Waals surface area contributed by atoms with Crippen molar-refractivity contribution in [3.05, 3.63) is 69.7 Å². The van der Waals surface area contributed by atoms with Gasteiger partial charge in [-0.3, -0.25) is 9.59 Å². The number of halogens is 2. The molecule has 38 heavy (non-hydrogen) atoms. The minimum atomic E-state index is -3.75. The number of benzene rings is 2. The van der Waals surface area contributed by atoms with Crippen molar-refractivity contribution in [1.29, 1.82) is 0 Å². The second kappa shape index (κ2) is 11.1. The molecule has 2 fully saturated rings. The van der Waals surface area contributed by atoms with E-state index in [9.17, 15) is 23.1 Å². The highest BCUT2D eigenvalue weighted by atomic mass is 35.5. The first-order valence-corrected chi connectivity index (χ1v) is 14.7. The van der Waals surface area contributed by atoms with Gasteiger partial charge in [-0.05, 0) is 60.6 Å². The monoisotopic (exact) mass is 581 g/mol. The largest absolute Gasteiger partial charge is 0.481 e. The van der Waals surface area contributed by atoms with Gasteiger partial charge in [0, 0.05) is 42.6 Å². The highest BCUT2D eigenvalue weighted by Crippen LogP contribution is 2.54. The molecule has 1 aliphatic heterocycles. The number of hydrogen-bond acceptors (Lipinski definition) is 4. The van der Waals surface area contributed by atoms with Crippen molar-refractivity contribution >= 4 is 45.3 Å². The summed E-state index contributed by atoms with van der Waals surface area (Å²) in [7, 11) is -0.864.